The van der Waals surface area contributed by atoms with Gasteiger partial charge >= 0.3 is 0 Å². The molecule has 8 heteroatoms. The van der Waals surface area contributed by atoms with Gasteiger partial charge in [-0.2, -0.15) is 0 Å². The van der Waals surface area contributed by atoms with Gasteiger partial charge in [-0.25, -0.2) is 13.8 Å². The third-order valence-corrected chi connectivity index (χ3v) is 3.14. The molecule has 0 saturated heterocycles. The predicted octanol–water partition coefficient (Wildman–Crippen LogP) is 1.04. The largest absolute Gasteiger partial charge is 0.387 e. The quantitative estimate of drug-likeness (QED) is 0.831. The number of aliphatic hydroxyl groups excluding tert-OH is 1. The number of nitrogens with one attached hydrogen (secondary N) is 1. The number of anilines is 1. The zero-order chi connectivity index (χ0) is 16.8. The first kappa shape index (κ1) is 16.8. The molecule has 0 bridgehead atoms. The molecule has 1 aromatic heterocycles. The lowest BCUT2D eigenvalue weighted by atomic mass is 10.1. The van der Waals surface area contributed by atoms with Crippen LogP contribution >= 0.6 is 0 Å². The van der Waals surface area contributed by atoms with Crippen molar-refractivity contribution in [2.45, 2.75) is 6.10 Å². The average Bonchev–Trinajstić information content (AvgIpc) is 2.56. The molecule has 0 unspecified atom stereocenters. The summed E-state index contributed by atoms with van der Waals surface area (Å²) >= 11 is 0. The zero-order valence-corrected chi connectivity index (χ0v) is 12.4. The van der Waals surface area contributed by atoms with Crippen LogP contribution < -0.4 is 10.2 Å². The van der Waals surface area contributed by atoms with Crippen molar-refractivity contribution in [1.29, 1.82) is 0 Å². The number of rotatable bonds is 6. The van der Waals surface area contributed by atoms with Crippen LogP contribution in [0.3, 0.4) is 0 Å². The molecular formula is C15H16F2N4O2. The van der Waals surface area contributed by atoms with Crippen LogP contribution in [-0.4, -0.2) is 41.1 Å². The summed E-state index contributed by atoms with van der Waals surface area (Å²) in [4.78, 5) is 21.4. The van der Waals surface area contributed by atoms with Crippen molar-refractivity contribution in [3.8, 4) is 0 Å². The molecule has 2 N–H and O–H groups in total. The van der Waals surface area contributed by atoms with Crippen LogP contribution in [-0.2, 0) is 4.79 Å². The highest BCUT2D eigenvalue weighted by atomic mass is 19.2. The second-order valence-electron chi connectivity index (χ2n) is 4.91. The first-order valence-electron chi connectivity index (χ1n) is 6.84. The van der Waals surface area contributed by atoms with Crippen molar-refractivity contribution in [2.75, 3.05) is 25.0 Å². The molecule has 122 valence electrons. The van der Waals surface area contributed by atoms with Crippen molar-refractivity contribution < 1.29 is 18.7 Å². The fourth-order valence-electron chi connectivity index (χ4n) is 1.89. The molecule has 0 aliphatic heterocycles. The van der Waals surface area contributed by atoms with Crippen LogP contribution in [0, 0.1) is 11.6 Å². The van der Waals surface area contributed by atoms with Crippen molar-refractivity contribution in [2.24, 2.45) is 0 Å². The molecule has 1 aromatic carbocycles. The summed E-state index contributed by atoms with van der Waals surface area (Å²) in [5, 5.41) is 12.4. The molecular weight excluding hydrogens is 306 g/mol. The van der Waals surface area contributed by atoms with Crippen LogP contribution in [0.1, 0.15) is 11.7 Å². The Kier molecular flexibility index (Phi) is 5.53. The molecule has 0 fully saturated rings. The molecule has 0 aliphatic carbocycles. The third-order valence-electron chi connectivity index (χ3n) is 3.14. The van der Waals surface area contributed by atoms with Gasteiger partial charge < -0.3 is 15.3 Å². The van der Waals surface area contributed by atoms with E-state index in [1.807, 2.05) is 0 Å². The minimum absolute atomic E-state index is 0.0171. The van der Waals surface area contributed by atoms with Gasteiger partial charge in [0.15, 0.2) is 11.6 Å². The zero-order valence-electron chi connectivity index (χ0n) is 12.4. The number of aromatic nitrogens is 2. The van der Waals surface area contributed by atoms with Crippen LogP contribution in [0.4, 0.5) is 14.6 Å². The SMILES string of the molecule is CN(CC(=O)NC[C@H](O)c1ccc(F)c(F)c1)c1cnccn1. The molecule has 1 atom stereocenters. The lowest BCUT2D eigenvalue weighted by Crippen LogP contribution is -2.37. The number of hydrogen-bond acceptors (Lipinski definition) is 5. The van der Waals surface area contributed by atoms with Crippen LogP contribution in [0.2, 0.25) is 0 Å². The maximum absolute atomic E-state index is 13.1. The van der Waals surface area contributed by atoms with Gasteiger partial charge in [0.1, 0.15) is 5.82 Å². The summed E-state index contributed by atoms with van der Waals surface area (Å²) in [6, 6.07) is 3.09. The summed E-state index contributed by atoms with van der Waals surface area (Å²) in [7, 11) is 1.68. The smallest absolute Gasteiger partial charge is 0.239 e. The van der Waals surface area contributed by atoms with Crippen molar-refractivity contribution >= 4 is 11.7 Å². The number of carbonyl (C=O) groups excluding carboxylic acids is 1. The third kappa shape index (κ3) is 4.68. The molecule has 0 saturated carbocycles. The molecule has 6 nitrogen and oxygen atoms in total. The number of aliphatic hydroxyl groups is 1. The Hall–Kier alpha value is -2.61. The van der Waals surface area contributed by atoms with E-state index in [1.54, 1.807) is 11.9 Å². The molecule has 0 radical (unpaired) electrons. The fraction of sp³-hybridized carbons (Fsp3) is 0.267. The number of likely N-dealkylation sites (N-methyl/N-ethyl adjacent to an activating group) is 1. The minimum Gasteiger partial charge on any atom is -0.387 e. The van der Waals surface area contributed by atoms with Gasteiger partial charge in [-0.15, -0.1) is 0 Å². The Morgan fingerprint density at radius 1 is 1.35 bits per heavy atom. The van der Waals surface area contributed by atoms with Gasteiger partial charge in [0.05, 0.1) is 18.8 Å². The fourth-order valence-corrected chi connectivity index (χ4v) is 1.89. The number of carbonyl (C=O) groups is 1. The maximum atomic E-state index is 13.1. The van der Waals surface area contributed by atoms with Crippen molar-refractivity contribution in [1.82, 2.24) is 15.3 Å². The van der Waals surface area contributed by atoms with E-state index in [0.717, 1.165) is 12.1 Å². The number of benzene rings is 1. The van der Waals surface area contributed by atoms with Crippen molar-refractivity contribution in [3.05, 3.63) is 54.0 Å². The summed E-state index contributed by atoms with van der Waals surface area (Å²) in [6.07, 6.45) is 3.42. The second-order valence-corrected chi connectivity index (χ2v) is 4.91. The lowest BCUT2D eigenvalue weighted by molar-refractivity contribution is -0.120. The van der Waals surface area contributed by atoms with Crippen LogP contribution in [0.5, 0.6) is 0 Å². The number of amides is 1. The highest BCUT2D eigenvalue weighted by Crippen LogP contribution is 2.15. The van der Waals surface area contributed by atoms with Gasteiger partial charge in [0.2, 0.25) is 5.91 Å². The van der Waals surface area contributed by atoms with Crippen LogP contribution in [0.25, 0.3) is 0 Å². The first-order chi connectivity index (χ1) is 11.0. The monoisotopic (exact) mass is 322 g/mol. The molecule has 2 aromatic rings. The minimum atomic E-state index is -1.13. The summed E-state index contributed by atoms with van der Waals surface area (Å²) in [6.45, 7) is -0.0958. The van der Waals surface area contributed by atoms with E-state index >= 15 is 0 Å². The Morgan fingerprint density at radius 3 is 2.78 bits per heavy atom. The van der Waals surface area contributed by atoms with E-state index in [9.17, 15) is 18.7 Å². The molecule has 0 spiro atoms. The average molecular weight is 322 g/mol. The van der Waals surface area contributed by atoms with E-state index in [0.29, 0.717) is 5.82 Å². The Balaban J connectivity index is 1.85. The molecule has 1 amide bonds. The van der Waals surface area contributed by atoms with Gasteiger partial charge in [0.25, 0.3) is 0 Å². The van der Waals surface area contributed by atoms with E-state index < -0.39 is 17.7 Å². The molecule has 23 heavy (non-hydrogen) atoms. The number of nitrogens with zero attached hydrogens (tertiary/aromatic N) is 3. The normalized spacial score (nSPS) is 11.8. The highest BCUT2D eigenvalue weighted by Gasteiger charge is 2.13. The number of hydrogen-bond donors (Lipinski definition) is 2. The predicted molar refractivity (Wildman–Crippen MR) is 79.6 cm³/mol. The molecule has 0 aliphatic rings. The maximum Gasteiger partial charge on any atom is 0.239 e. The molecule has 1 heterocycles. The van der Waals surface area contributed by atoms with E-state index in [1.165, 1.54) is 24.7 Å². The van der Waals surface area contributed by atoms with Gasteiger partial charge in [-0.3, -0.25) is 9.78 Å². The van der Waals surface area contributed by atoms with E-state index in [4.69, 9.17) is 0 Å². The standard InChI is InChI=1S/C15H16F2N4O2/c1-21(14-8-18-4-5-19-14)9-15(23)20-7-13(22)10-2-3-11(16)12(17)6-10/h2-6,8,13,22H,7,9H2,1H3,(H,20,23)/t13-/m0/s1. The number of halogens is 2. The van der Waals surface area contributed by atoms with Crippen molar-refractivity contribution in [3.63, 3.8) is 0 Å². The van der Waals surface area contributed by atoms with Crippen LogP contribution in [0.15, 0.2) is 36.8 Å². The Bertz CT molecular complexity index is 670. The van der Waals surface area contributed by atoms with Gasteiger partial charge in [-0.05, 0) is 17.7 Å². The van der Waals surface area contributed by atoms with E-state index in [2.05, 4.69) is 15.3 Å². The van der Waals surface area contributed by atoms with Gasteiger partial charge in [0, 0.05) is 26.0 Å². The Labute approximate surface area is 131 Å². The van der Waals surface area contributed by atoms with Gasteiger partial charge in [-0.1, -0.05) is 6.07 Å². The molecule has 2 rings (SSSR count). The van der Waals surface area contributed by atoms with E-state index in [-0.39, 0.29) is 24.6 Å². The summed E-state index contributed by atoms with van der Waals surface area (Å²) in [5.41, 5.74) is 0.187. The topological polar surface area (TPSA) is 78.4 Å². The Morgan fingerprint density at radius 2 is 2.13 bits per heavy atom. The second kappa shape index (κ2) is 7.59. The summed E-state index contributed by atoms with van der Waals surface area (Å²) in [5.74, 6) is -1.85. The highest BCUT2D eigenvalue weighted by molar-refractivity contribution is 5.80. The summed E-state index contributed by atoms with van der Waals surface area (Å²) < 4.78 is 25.9. The first-order valence-corrected chi connectivity index (χ1v) is 6.84. The lowest BCUT2D eigenvalue weighted by Gasteiger charge is -2.18.